The third kappa shape index (κ3) is 2.93. The van der Waals surface area contributed by atoms with Crippen LogP contribution in [-0.4, -0.2) is 12.5 Å². The van der Waals surface area contributed by atoms with Crippen LogP contribution in [0.3, 0.4) is 0 Å². The van der Waals surface area contributed by atoms with Gasteiger partial charge in [0.05, 0.1) is 11.3 Å². The molecule has 19 heavy (non-hydrogen) atoms. The van der Waals surface area contributed by atoms with Gasteiger partial charge in [0.25, 0.3) is 0 Å². The number of halogens is 4. The maximum Gasteiger partial charge on any atom is 0.416 e. The van der Waals surface area contributed by atoms with Crippen molar-refractivity contribution in [3.8, 4) is 0 Å². The molecular formula is C13H11F3INO. The summed E-state index contributed by atoms with van der Waals surface area (Å²) >= 11 is 1.83. The molecule has 1 aliphatic heterocycles. The van der Waals surface area contributed by atoms with Gasteiger partial charge in [-0.15, -0.1) is 6.58 Å². The van der Waals surface area contributed by atoms with Crippen LogP contribution in [-0.2, 0) is 11.0 Å². The molecule has 2 nitrogen and oxygen atoms in total. The van der Waals surface area contributed by atoms with Crippen LogP contribution in [0.15, 0.2) is 30.9 Å². The van der Waals surface area contributed by atoms with Crippen molar-refractivity contribution in [1.29, 1.82) is 0 Å². The Bertz CT molecular complexity index is 527. The van der Waals surface area contributed by atoms with Gasteiger partial charge in [0.2, 0.25) is 5.91 Å². The average molecular weight is 381 g/mol. The molecule has 1 heterocycles. The van der Waals surface area contributed by atoms with E-state index in [1.807, 2.05) is 22.6 Å². The molecule has 0 bridgehead atoms. The van der Waals surface area contributed by atoms with Crippen LogP contribution in [0.4, 0.5) is 18.9 Å². The molecule has 0 spiro atoms. The standard InChI is InChI=1S/C13H11F3INO/c1-2-8-5-12(19)18(7-8)11-4-3-9(6-10(11)17)13(14,15)16/h2-4,6,8H,1,5,7H2. The molecule has 1 fully saturated rings. The van der Waals surface area contributed by atoms with Crippen molar-refractivity contribution in [2.24, 2.45) is 5.92 Å². The highest BCUT2D eigenvalue weighted by Crippen LogP contribution is 2.35. The molecule has 0 N–H and O–H groups in total. The van der Waals surface area contributed by atoms with E-state index < -0.39 is 11.7 Å². The minimum atomic E-state index is -4.36. The van der Waals surface area contributed by atoms with Crippen molar-refractivity contribution in [3.63, 3.8) is 0 Å². The van der Waals surface area contributed by atoms with E-state index in [2.05, 4.69) is 6.58 Å². The van der Waals surface area contributed by atoms with E-state index >= 15 is 0 Å². The molecule has 1 aromatic carbocycles. The molecule has 1 unspecified atom stereocenters. The van der Waals surface area contributed by atoms with Gasteiger partial charge in [0, 0.05) is 22.5 Å². The van der Waals surface area contributed by atoms with Crippen molar-refractivity contribution in [3.05, 3.63) is 40.0 Å². The highest BCUT2D eigenvalue weighted by atomic mass is 127. The summed E-state index contributed by atoms with van der Waals surface area (Å²) in [5, 5.41) is 0. The van der Waals surface area contributed by atoms with E-state index in [4.69, 9.17) is 0 Å². The van der Waals surface area contributed by atoms with E-state index in [1.165, 1.54) is 11.0 Å². The van der Waals surface area contributed by atoms with E-state index in [0.29, 0.717) is 22.2 Å². The monoisotopic (exact) mass is 381 g/mol. The van der Waals surface area contributed by atoms with E-state index in [-0.39, 0.29) is 11.8 Å². The topological polar surface area (TPSA) is 20.3 Å². The summed E-state index contributed by atoms with van der Waals surface area (Å²) in [7, 11) is 0. The summed E-state index contributed by atoms with van der Waals surface area (Å²) < 4.78 is 38.1. The third-order valence-corrected chi connectivity index (χ3v) is 3.92. The summed E-state index contributed by atoms with van der Waals surface area (Å²) in [6.45, 7) is 4.12. The molecule has 0 aromatic heterocycles. The summed E-state index contributed by atoms with van der Waals surface area (Å²) in [4.78, 5) is 13.4. The number of alkyl halides is 3. The number of carbonyl (C=O) groups excluding carboxylic acids is 1. The fraction of sp³-hybridized carbons (Fsp3) is 0.308. The molecule has 1 aliphatic rings. The van der Waals surface area contributed by atoms with E-state index in [1.54, 1.807) is 6.08 Å². The van der Waals surface area contributed by atoms with Gasteiger partial charge >= 0.3 is 6.18 Å². The molecule has 1 atom stereocenters. The first-order valence-electron chi connectivity index (χ1n) is 5.62. The zero-order valence-corrected chi connectivity index (χ0v) is 12.0. The quantitative estimate of drug-likeness (QED) is 0.563. The Morgan fingerprint density at radius 3 is 2.58 bits per heavy atom. The van der Waals surface area contributed by atoms with E-state index in [9.17, 15) is 18.0 Å². The average Bonchev–Trinajstić information content (AvgIpc) is 2.69. The second-order valence-electron chi connectivity index (χ2n) is 4.37. The number of benzene rings is 1. The highest BCUT2D eigenvalue weighted by molar-refractivity contribution is 14.1. The molecule has 0 radical (unpaired) electrons. The molecule has 6 heteroatoms. The fourth-order valence-electron chi connectivity index (χ4n) is 2.03. The Labute approximate surface area is 122 Å². The van der Waals surface area contributed by atoms with Crippen LogP contribution >= 0.6 is 22.6 Å². The molecule has 1 saturated heterocycles. The molecule has 102 valence electrons. The Hall–Kier alpha value is -1.05. The summed E-state index contributed by atoms with van der Waals surface area (Å²) in [6.07, 6.45) is -2.30. The number of carbonyl (C=O) groups is 1. The first kappa shape index (κ1) is 14.4. The van der Waals surface area contributed by atoms with Gasteiger partial charge in [-0.25, -0.2) is 0 Å². The Morgan fingerprint density at radius 1 is 1.42 bits per heavy atom. The number of rotatable bonds is 2. The number of anilines is 1. The van der Waals surface area contributed by atoms with Crippen molar-refractivity contribution in [2.75, 3.05) is 11.4 Å². The van der Waals surface area contributed by atoms with Crippen molar-refractivity contribution < 1.29 is 18.0 Å². The lowest BCUT2D eigenvalue weighted by Crippen LogP contribution is -2.25. The van der Waals surface area contributed by atoms with Crippen molar-refractivity contribution >= 4 is 34.2 Å². The minimum Gasteiger partial charge on any atom is -0.311 e. The lowest BCUT2D eigenvalue weighted by molar-refractivity contribution is -0.137. The molecule has 0 saturated carbocycles. The normalized spacial score (nSPS) is 19.9. The number of hydrogen-bond acceptors (Lipinski definition) is 1. The van der Waals surface area contributed by atoms with Crippen LogP contribution in [0.1, 0.15) is 12.0 Å². The smallest absolute Gasteiger partial charge is 0.311 e. The van der Waals surface area contributed by atoms with Gasteiger partial charge in [-0.05, 0) is 40.8 Å². The molecule has 1 aromatic rings. The molecule has 2 rings (SSSR count). The Kier molecular flexibility index (Phi) is 3.89. The predicted molar refractivity (Wildman–Crippen MR) is 74.8 cm³/mol. The van der Waals surface area contributed by atoms with Gasteiger partial charge in [-0.2, -0.15) is 13.2 Å². The maximum absolute atomic E-state index is 12.6. The number of nitrogens with zero attached hydrogens (tertiary/aromatic N) is 1. The van der Waals surface area contributed by atoms with Crippen LogP contribution < -0.4 is 4.90 Å². The van der Waals surface area contributed by atoms with Crippen LogP contribution in [0, 0.1) is 9.49 Å². The van der Waals surface area contributed by atoms with Gasteiger partial charge < -0.3 is 4.90 Å². The van der Waals surface area contributed by atoms with Gasteiger partial charge in [-0.1, -0.05) is 6.08 Å². The predicted octanol–water partition coefficient (Wildman–Crippen LogP) is 3.85. The third-order valence-electron chi connectivity index (χ3n) is 3.05. The largest absolute Gasteiger partial charge is 0.416 e. The van der Waals surface area contributed by atoms with Crippen molar-refractivity contribution in [2.45, 2.75) is 12.6 Å². The minimum absolute atomic E-state index is 0.0607. The molecule has 0 aliphatic carbocycles. The first-order chi connectivity index (χ1) is 8.82. The highest BCUT2D eigenvalue weighted by Gasteiger charge is 2.33. The number of hydrogen-bond donors (Lipinski definition) is 0. The second-order valence-corrected chi connectivity index (χ2v) is 5.53. The summed E-state index contributed by atoms with van der Waals surface area (Å²) in [5.41, 5.74) is -0.171. The zero-order chi connectivity index (χ0) is 14.2. The lowest BCUT2D eigenvalue weighted by atomic mass is 10.1. The first-order valence-corrected chi connectivity index (χ1v) is 6.70. The maximum atomic E-state index is 12.6. The van der Waals surface area contributed by atoms with Gasteiger partial charge in [-0.3, -0.25) is 4.79 Å². The van der Waals surface area contributed by atoms with E-state index in [0.717, 1.165) is 12.1 Å². The van der Waals surface area contributed by atoms with Crippen LogP contribution in [0.5, 0.6) is 0 Å². The summed E-state index contributed by atoms with van der Waals surface area (Å²) in [5.74, 6) is -0.0202. The second kappa shape index (κ2) is 5.15. The van der Waals surface area contributed by atoms with Gasteiger partial charge in [0.1, 0.15) is 0 Å². The van der Waals surface area contributed by atoms with Gasteiger partial charge in [0.15, 0.2) is 0 Å². The summed E-state index contributed by atoms with van der Waals surface area (Å²) in [6, 6.07) is 3.42. The molecular weight excluding hydrogens is 370 g/mol. The lowest BCUT2D eigenvalue weighted by Gasteiger charge is -2.19. The zero-order valence-electron chi connectivity index (χ0n) is 9.88. The Balaban J connectivity index is 2.32. The Morgan fingerprint density at radius 2 is 2.11 bits per heavy atom. The fourth-order valence-corrected chi connectivity index (χ4v) is 2.83. The van der Waals surface area contributed by atoms with Crippen molar-refractivity contribution in [1.82, 2.24) is 0 Å². The molecule has 1 amide bonds. The van der Waals surface area contributed by atoms with Crippen LogP contribution in [0.2, 0.25) is 0 Å². The van der Waals surface area contributed by atoms with Crippen LogP contribution in [0.25, 0.3) is 0 Å². The SMILES string of the molecule is C=CC1CC(=O)N(c2ccc(C(F)(F)F)cc2I)C1. The number of amides is 1.